The highest BCUT2D eigenvalue weighted by Gasteiger charge is 2.46. The van der Waals surface area contributed by atoms with Crippen molar-refractivity contribution >= 4 is 5.91 Å². The molecule has 2 N–H and O–H groups in total. The summed E-state index contributed by atoms with van der Waals surface area (Å²) in [5, 5.41) is 19.6. The van der Waals surface area contributed by atoms with Gasteiger partial charge in [0.1, 0.15) is 22.7 Å². The Morgan fingerprint density at radius 2 is 2.06 bits per heavy atom. The third-order valence-electron chi connectivity index (χ3n) is 3.50. The average molecular weight is 253 g/mol. The molecule has 1 aromatic carbocycles. The number of benzene rings is 1. The summed E-state index contributed by atoms with van der Waals surface area (Å²) in [6, 6.07) is 3.73. The molecule has 1 heterocycles. The first-order valence-corrected chi connectivity index (χ1v) is 5.84. The number of likely N-dealkylation sites (tertiary alicyclic amines) is 1. The Bertz CT molecular complexity index is 461. The number of carbonyl (C=O) groups excluding carboxylic acids is 1. The number of hydrogen-bond acceptors (Lipinski definition) is 3. The van der Waals surface area contributed by atoms with Crippen LogP contribution >= 0.6 is 0 Å². The third kappa shape index (κ3) is 1.95. The van der Waals surface area contributed by atoms with Crippen molar-refractivity contribution in [2.24, 2.45) is 5.92 Å². The fourth-order valence-electron chi connectivity index (χ4n) is 2.01. The summed E-state index contributed by atoms with van der Waals surface area (Å²) in [5.74, 6) is -1.69. The molecule has 1 aliphatic heterocycles. The molecule has 0 radical (unpaired) electrons. The molecule has 1 amide bonds. The summed E-state index contributed by atoms with van der Waals surface area (Å²) in [6.07, 6.45) is 0. The second-order valence-electron chi connectivity index (χ2n) is 5.05. The van der Waals surface area contributed by atoms with Gasteiger partial charge in [0.05, 0.1) is 13.1 Å². The minimum absolute atomic E-state index is 0.0239. The van der Waals surface area contributed by atoms with Crippen LogP contribution in [0.1, 0.15) is 24.2 Å². The van der Waals surface area contributed by atoms with Gasteiger partial charge in [-0.05, 0) is 18.1 Å². The van der Waals surface area contributed by atoms with Gasteiger partial charge in [0, 0.05) is 0 Å². The Kier molecular flexibility index (Phi) is 3.02. The van der Waals surface area contributed by atoms with Gasteiger partial charge < -0.3 is 15.1 Å². The molecule has 0 unspecified atom stereocenters. The summed E-state index contributed by atoms with van der Waals surface area (Å²) in [7, 11) is 0. The van der Waals surface area contributed by atoms with E-state index in [0.29, 0.717) is 0 Å². The zero-order valence-electron chi connectivity index (χ0n) is 10.4. The highest BCUT2D eigenvalue weighted by Crippen LogP contribution is 2.31. The molecule has 1 saturated heterocycles. The van der Waals surface area contributed by atoms with E-state index in [9.17, 15) is 19.4 Å². The van der Waals surface area contributed by atoms with Gasteiger partial charge in [-0.3, -0.25) is 4.79 Å². The fourth-order valence-corrected chi connectivity index (χ4v) is 2.01. The molecule has 2 rings (SSSR count). The molecule has 0 atom stereocenters. The number of carbonyl (C=O) groups is 1. The highest BCUT2D eigenvalue weighted by atomic mass is 19.1. The van der Waals surface area contributed by atoms with E-state index in [-0.39, 0.29) is 30.3 Å². The number of aromatic hydroxyl groups is 1. The van der Waals surface area contributed by atoms with E-state index >= 15 is 0 Å². The van der Waals surface area contributed by atoms with Gasteiger partial charge in [-0.1, -0.05) is 19.9 Å². The highest BCUT2D eigenvalue weighted by molar-refractivity contribution is 5.97. The van der Waals surface area contributed by atoms with Gasteiger partial charge in [-0.25, -0.2) is 4.39 Å². The standard InChI is InChI=1S/C13H16FNO3/c1-8(2)13(18)6-15(7-13)12(17)11-9(14)4-3-5-10(11)16/h3-5,8,16,18H,6-7H2,1-2H3. The number of rotatable bonds is 2. The van der Waals surface area contributed by atoms with E-state index in [4.69, 9.17) is 0 Å². The SMILES string of the molecule is CC(C)C1(O)CN(C(=O)c2c(O)cccc2F)C1. The van der Waals surface area contributed by atoms with Crippen LogP contribution in [0.4, 0.5) is 4.39 Å². The maximum atomic E-state index is 13.5. The molecule has 18 heavy (non-hydrogen) atoms. The topological polar surface area (TPSA) is 60.8 Å². The summed E-state index contributed by atoms with van der Waals surface area (Å²) in [4.78, 5) is 13.3. The fraction of sp³-hybridized carbons (Fsp3) is 0.462. The number of phenols is 1. The molecule has 5 heteroatoms. The summed E-state index contributed by atoms with van der Waals surface area (Å²) in [6.45, 7) is 4.05. The second kappa shape index (κ2) is 4.24. The smallest absolute Gasteiger partial charge is 0.260 e. The molecule has 0 spiro atoms. The normalized spacial score (nSPS) is 17.7. The lowest BCUT2D eigenvalue weighted by molar-refractivity contribution is -0.111. The van der Waals surface area contributed by atoms with Crippen LogP contribution in [-0.4, -0.2) is 39.7 Å². The lowest BCUT2D eigenvalue weighted by Gasteiger charge is -2.49. The summed E-state index contributed by atoms with van der Waals surface area (Å²) < 4.78 is 13.5. The van der Waals surface area contributed by atoms with Crippen molar-refractivity contribution < 1.29 is 19.4 Å². The van der Waals surface area contributed by atoms with Crippen molar-refractivity contribution in [3.05, 3.63) is 29.6 Å². The number of halogens is 1. The van der Waals surface area contributed by atoms with Crippen LogP contribution in [0.3, 0.4) is 0 Å². The monoisotopic (exact) mass is 253 g/mol. The van der Waals surface area contributed by atoms with Gasteiger partial charge >= 0.3 is 0 Å². The quantitative estimate of drug-likeness (QED) is 0.837. The first kappa shape index (κ1) is 12.8. The Balaban J connectivity index is 2.16. The van der Waals surface area contributed by atoms with Gasteiger partial charge in [0.2, 0.25) is 0 Å². The molecule has 0 aromatic heterocycles. The van der Waals surface area contributed by atoms with Crippen molar-refractivity contribution in [1.29, 1.82) is 0 Å². The molecule has 4 nitrogen and oxygen atoms in total. The van der Waals surface area contributed by atoms with Crippen LogP contribution in [0, 0.1) is 11.7 Å². The minimum atomic E-state index is -0.906. The van der Waals surface area contributed by atoms with Crippen LogP contribution in [0.15, 0.2) is 18.2 Å². The largest absolute Gasteiger partial charge is 0.507 e. The Labute approximate surface area is 105 Å². The Morgan fingerprint density at radius 3 is 2.56 bits per heavy atom. The van der Waals surface area contributed by atoms with E-state index in [0.717, 1.165) is 6.07 Å². The lowest BCUT2D eigenvalue weighted by atomic mass is 9.82. The number of phenolic OH excluding ortho intramolecular Hbond substituents is 1. The van der Waals surface area contributed by atoms with Gasteiger partial charge in [-0.15, -0.1) is 0 Å². The zero-order valence-corrected chi connectivity index (χ0v) is 10.4. The summed E-state index contributed by atoms with van der Waals surface area (Å²) >= 11 is 0. The molecule has 1 aliphatic rings. The molecule has 98 valence electrons. The maximum Gasteiger partial charge on any atom is 0.260 e. The first-order chi connectivity index (χ1) is 8.35. The first-order valence-electron chi connectivity index (χ1n) is 5.84. The predicted octanol–water partition coefficient (Wildman–Crippen LogP) is 1.37. The molecule has 0 bridgehead atoms. The van der Waals surface area contributed by atoms with Crippen LogP contribution in [0.5, 0.6) is 5.75 Å². The number of β-amino-alcohol motifs (C(OH)–C–C–N with tert-alkyl or cyclic N) is 1. The Morgan fingerprint density at radius 1 is 1.44 bits per heavy atom. The lowest BCUT2D eigenvalue weighted by Crippen LogP contribution is -2.66. The summed E-state index contributed by atoms with van der Waals surface area (Å²) in [5.41, 5.74) is -1.24. The number of nitrogens with zero attached hydrogens (tertiary/aromatic N) is 1. The average Bonchev–Trinajstić information content (AvgIpc) is 2.23. The predicted molar refractivity (Wildman–Crippen MR) is 63.8 cm³/mol. The Hall–Kier alpha value is -1.62. The van der Waals surface area contributed by atoms with E-state index in [2.05, 4.69) is 0 Å². The second-order valence-corrected chi connectivity index (χ2v) is 5.05. The van der Waals surface area contributed by atoms with Crippen molar-refractivity contribution in [2.75, 3.05) is 13.1 Å². The van der Waals surface area contributed by atoms with Crippen LogP contribution < -0.4 is 0 Å². The molecular formula is C13H16FNO3. The van der Waals surface area contributed by atoms with Crippen LogP contribution in [-0.2, 0) is 0 Å². The zero-order chi connectivity index (χ0) is 13.5. The van der Waals surface area contributed by atoms with Crippen molar-refractivity contribution in [1.82, 2.24) is 4.90 Å². The number of aliphatic hydroxyl groups is 1. The molecule has 0 saturated carbocycles. The van der Waals surface area contributed by atoms with Gasteiger partial charge in [0.25, 0.3) is 5.91 Å². The van der Waals surface area contributed by atoms with Gasteiger partial charge in [0.15, 0.2) is 0 Å². The molecule has 1 aromatic rings. The number of amides is 1. The van der Waals surface area contributed by atoms with E-state index < -0.39 is 17.3 Å². The maximum absolute atomic E-state index is 13.5. The van der Waals surface area contributed by atoms with E-state index in [1.54, 1.807) is 0 Å². The van der Waals surface area contributed by atoms with Crippen molar-refractivity contribution in [2.45, 2.75) is 19.4 Å². The van der Waals surface area contributed by atoms with Crippen molar-refractivity contribution in [3.63, 3.8) is 0 Å². The minimum Gasteiger partial charge on any atom is -0.507 e. The molecular weight excluding hydrogens is 237 g/mol. The van der Waals surface area contributed by atoms with Crippen LogP contribution in [0.2, 0.25) is 0 Å². The van der Waals surface area contributed by atoms with E-state index in [1.807, 2.05) is 13.8 Å². The molecule has 0 aliphatic carbocycles. The van der Waals surface area contributed by atoms with E-state index in [1.165, 1.54) is 17.0 Å². The molecule has 1 fully saturated rings. The van der Waals surface area contributed by atoms with Gasteiger partial charge in [-0.2, -0.15) is 0 Å². The van der Waals surface area contributed by atoms with Crippen molar-refractivity contribution in [3.8, 4) is 5.75 Å². The van der Waals surface area contributed by atoms with Crippen LogP contribution in [0.25, 0.3) is 0 Å². The number of hydrogen-bond donors (Lipinski definition) is 2. The third-order valence-corrected chi connectivity index (χ3v) is 3.50.